The van der Waals surface area contributed by atoms with Gasteiger partial charge in [0.1, 0.15) is 11.7 Å². The summed E-state index contributed by atoms with van der Waals surface area (Å²) in [5.74, 6) is -0.0643. The number of hydrogen-bond donors (Lipinski definition) is 1. The van der Waals surface area contributed by atoms with E-state index < -0.39 is 0 Å². The van der Waals surface area contributed by atoms with Crippen molar-refractivity contribution in [3.8, 4) is 0 Å². The molecule has 3 rings (SSSR count). The first-order valence-electron chi connectivity index (χ1n) is 9.73. The molecule has 0 aliphatic rings. The number of thiazole rings is 1. The number of nitrogens with one attached hydrogen (secondary N) is 1. The van der Waals surface area contributed by atoms with Crippen LogP contribution in [-0.2, 0) is 17.9 Å². The molecule has 0 aliphatic heterocycles. The van der Waals surface area contributed by atoms with E-state index in [4.69, 9.17) is 0 Å². The van der Waals surface area contributed by atoms with Gasteiger partial charge in [-0.15, -0.1) is 0 Å². The van der Waals surface area contributed by atoms with Gasteiger partial charge in [-0.1, -0.05) is 58.9 Å². The molecule has 148 valence electrons. The maximum absolute atomic E-state index is 13.1. The molecule has 0 bridgehead atoms. The summed E-state index contributed by atoms with van der Waals surface area (Å²) in [5.41, 5.74) is 5.00. The Hall–Kier alpha value is -2.20. The fourth-order valence-corrected chi connectivity index (χ4v) is 4.16. The Morgan fingerprint density at radius 1 is 0.929 bits per heavy atom. The molecule has 1 amide bonds. The molecule has 28 heavy (non-hydrogen) atoms. The summed E-state index contributed by atoms with van der Waals surface area (Å²) in [7, 11) is 2.06. The molecule has 2 aromatic carbocycles. The van der Waals surface area contributed by atoms with Crippen LogP contribution in [0.3, 0.4) is 0 Å². The van der Waals surface area contributed by atoms with Crippen molar-refractivity contribution >= 4 is 33.1 Å². The van der Waals surface area contributed by atoms with Crippen molar-refractivity contribution < 1.29 is 9.36 Å². The summed E-state index contributed by atoms with van der Waals surface area (Å²) in [4.78, 5) is 13.1. The van der Waals surface area contributed by atoms with Gasteiger partial charge in [0.2, 0.25) is 10.5 Å². The minimum absolute atomic E-state index is 0.0167. The van der Waals surface area contributed by atoms with Crippen LogP contribution in [0, 0.1) is 6.92 Å². The third-order valence-electron chi connectivity index (χ3n) is 5.24. The molecule has 3 aromatic rings. The lowest BCUT2D eigenvalue weighted by Crippen LogP contribution is -2.28. The van der Waals surface area contributed by atoms with Crippen LogP contribution < -0.4 is 9.88 Å². The zero-order valence-corrected chi connectivity index (χ0v) is 19.0. The zero-order chi connectivity index (χ0) is 20.9. The summed E-state index contributed by atoms with van der Waals surface area (Å²) in [6, 6.07) is 12.4. The number of nitrogens with zero attached hydrogens (tertiary/aromatic N) is 1. The minimum atomic E-state index is -0.0643. The van der Waals surface area contributed by atoms with Gasteiger partial charge in [0.05, 0.1) is 0 Å². The van der Waals surface area contributed by atoms with E-state index in [1.807, 2.05) is 18.2 Å². The predicted molar refractivity (Wildman–Crippen MR) is 120 cm³/mol. The number of carbonyl (C=O) groups is 1. The third kappa shape index (κ3) is 4.12. The Morgan fingerprint density at radius 2 is 1.50 bits per heavy atom. The number of benzene rings is 2. The highest BCUT2D eigenvalue weighted by Crippen LogP contribution is 2.31. The third-order valence-corrected chi connectivity index (χ3v) is 6.37. The molecule has 3 nitrogen and oxygen atoms in total. The number of carbonyl (C=O) groups excluding carboxylic acids is 1. The zero-order valence-electron chi connectivity index (χ0n) is 18.2. The molecule has 0 saturated carbocycles. The molecule has 1 aromatic heterocycles. The fraction of sp³-hybridized carbons (Fsp3) is 0.417. The summed E-state index contributed by atoms with van der Waals surface area (Å²) < 4.78 is 3.39. The second-order valence-corrected chi connectivity index (χ2v) is 10.9. The number of anilines is 1. The lowest BCUT2D eigenvalue weighted by molar-refractivity contribution is -0.646. The van der Waals surface area contributed by atoms with E-state index >= 15 is 0 Å². The highest BCUT2D eigenvalue weighted by Gasteiger charge is 2.22. The van der Waals surface area contributed by atoms with E-state index in [-0.39, 0.29) is 16.7 Å². The van der Waals surface area contributed by atoms with E-state index in [2.05, 4.69) is 83.6 Å². The summed E-state index contributed by atoms with van der Waals surface area (Å²) >= 11 is 1.76. The first-order valence-corrected chi connectivity index (χ1v) is 10.5. The molecule has 1 N–H and O–H groups in total. The minimum Gasteiger partial charge on any atom is -0.322 e. The van der Waals surface area contributed by atoms with E-state index in [9.17, 15) is 4.79 Å². The number of fused-ring (bicyclic) bond motifs is 1. The molecule has 0 unspecified atom stereocenters. The molecule has 0 saturated heterocycles. The van der Waals surface area contributed by atoms with E-state index in [1.165, 1.54) is 20.8 Å². The normalized spacial score (nSPS) is 12.4. The predicted octanol–water partition coefficient (Wildman–Crippen LogP) is 5.88. The lowest BCUT2D eigenvalue weighted by Gasteiger charge is -2.26. The van der Waals surface area contributed by atoms with Crippen LogP contribution in [0.5, 0.6) is 0 Å². The summed E-state index contributed by atoms with van der Waals surface area (Å²) in [6.45, 7) is 15.2. The number of aryl methyl sites for hydroxylation is 2. The van der Waals surface area contributed by atoms with Crippen molar-refractivity contribution in [3.63, 3.8) is 0 Å². The number of rotatable bonds is 2. The van der Waals surface area contributed by atoms with Gasteiger partial charge in [0.25, 0.3) is 5.91 Å². The Bertz CT molecular complexity index is 1020. The van der Waals surface area contributed by atoms with Crippen LogP contribution in [0.15, 0.2) is 36.4 Å². The highest BCUT2D eigenvalue weighted by molar-refractivity contribution is 7.18. The topological polar surface area (TPSA) is 33.0 Å². The van der Waals surface area contributed by atoms with Gasteiger partial charge in [-0.05, 0) is 46.2 Å². The summed E-state index contributed by atoms with van der Waals surface area (Å²) in [6.07, 6.45) is 0. The maximum Gasteiger partial charge on any atom is 0.255 e. The quantitative estimate of drug-likeness (QED) is 0.540. The van der Waals surface area contributed by atoms with Gasteiger partial charge >= 0.3 is 0 Å². The number of aromatic nitrogens is 1. The summed E-state index contributed by atoms with van der Waals surface area (Å²) in [5, 5.41) is 4.34. The average molecular weight is 396 g/mol. The first kappa shape index (κ1) is 20.5. The first-order chi connectivity index (χ1) is 12.9. The molecule has 0 radical (unpaired) electrons. The maximum atomic E-state index is 13.1. The van der Waals surface area contributed by atoms with Crippen molar-refractivity contribution in [1.29, 1.82) is 0 Å². The van der Waals surface area contributed by atoms with Gasteiger partial charge in [-0.25, -0.2) is 0 Å². The molecule has 0 spiro atoms. The van der Waals surface area contributed by atoms with Gasteiger partial charge in [0, 0.05) is 24.2 Å². The smallest absolute Gasteiger partial charge is 0.255 e. The Labute approximate surface area is 172 Å². The molecule has 4 heteroatoms. The van der Waals surface area contributed by atoms with Crippen molar-refractivity contribution in [2.45, 2.75) is 59.3 Å². The van der Waals surface area contributed by atoms with Gasteiger partial charge in [-0.3, -0.25) is 4.79 Å². The van der Waals surface area contributed by atoms with E-state index in [0.29, 0.717) is 5.56 Å². The van der Waals surface area contributed by atoms with Crippen LogP contribution in [-0.4, -0.2) is 5.91 Å². The van der Waals surface area contributed by atoms with Crippen LogP contribution in [0.4, 0.5) is 5.69 Å². The number of amides is 1. The van der Waals surface area contributed by atoms with E-state index in [1.54, 1.807) is 11.3 Å². The van der Waals surface area contributed by atoms with E-state index in [0.717, 1.165) is 11.2 Å². The van der Waals surface area contributed by atoms with Gasteiger partial charge in [0.15, 0.2) is 0 Å². The van der Waals surface area contributed by atoms with Gasteiger partial charge in [-0.2, -0.15) is 4.57 Å². The van der Waals surface area contributed by atoms with Crippen molar-refractivity contribution in [2.75, 3.05) is 5.32 Å². The second kappa shape index (κ2) is 7.00. The standard InChI is InChI=1S/C24H30N2OS/c1-15-26(8)20-14-19(9-10-21(20)28-15)25-22(27)16-11-17(23(2,3)4)13-18(12-16)24(5,6)7/h9-14H,1-8H3/p+1. The Morgan fingerprint density at radius 3 is 2.04 bits per heavy atom. The van der Waals surface area contributed by atoms with Crippen molar-refractivity contribution in [2.24, 2.45) is 7.05 Å². The molecule has 1 heterocycles. The molecular formula is C24H31N2OS+. The largest absolute Gasteiger partial charge is 0.322 e. The van der Waals surface area contributed by atoms with Crippen LogP contribution in [0.25, 0.3) is 10.2 Å². The van der Waals surface area contributed by atoms with Crippen molar-refractivity contribution in [3.05, 3.63) is 58.1 Å². The SMILES string of the molecule is Cc1sc2ccc(NC(=O)c3cc(C(C)(C)C)cc(C(C)(C)C)c3)cc2[n+]1C. The second-order valence-electron chi connectivity index (χ2n) is 9.62. The average Bonchev–Trinajstić information content (AvgIpc) is 2.87. The van der Waals surface area contributed by atoms with Gasteiger partial charge < -0.3 is 5.32 Å². The Balaban J connectivity index is 1.99. The monoisotopic (exact) mass is 395 g/mol. The molecule has 0 atom stereocenters. The highest BCUT2D eigenvalue weighted by atomic mass is 32.1. The molecular weight excluding hydrogens is 364 g/mol. The molecule has 0 fully saturated rings. The van der Waals surface area contributed by atoms with Crippen molar-refractivity contribution in [1.82, 2.24) is 0 Å². The lowest BCUT2D eigenvalue weighted by atomic mass is 9.79. The van der Waals surface area contributed by atoms with Crippen LogP contribution in [0.2, 0.25) is 0 Å². The molecule has 0 aliphatic carbocycles. The fourth-order valence-electron chi connectivity index (χ4n) is 3.17. The van der Waals surface area contributed by atoms with Crippen LogP contribution >= 0.6 is 11.3 Å². The Kier molecular flexibility index (Phi) is 5.13. The van der Waals surface area contributed by atoms with Crippen LogP contribution in [0.1, 0.15) is 68.0 Å². The number of hydrogen-bond acceptors (Lipinski definition) is 2.